The van der Waals surface area contributed by atoms with Crippen molar-refractivity contribution < 1.29 is 0 Å². The molecule has 0 aromatic carbocycles. The number of H-pyrrole nitrogens is 1. The summed E-state index contributed by atoms with van der Waals surface area (Å²) >= 11 is 0. The fourth-order valence-electron chi connectivity index (χ4n) is 1.47. The van der Waals surface area contributed by atoms with Gasteiger partial charge in [0.15, 0.2) is 0 Å². The van der Waals surface area contributed by atoms with Gasteiger partial charge in [0.05, 0.1) is 0 Å². The van der Waals surface area contributed by atoms with Crippen LogP contribution in [-0.4, -0.2) is 15.6 Å². The third-order valence-corrected chi connectivity index (χ3v) is 2.70. The van der Waals surface area contributed by atoms with Gasteiger partial charge in [-0.05, 0) is 12.8 Å². The summed E-state index contributed by atoms with van der Waals surface area (Å²) in [6.45, 7) is 4.04. The lowest BCUT2D eigenvalue weighted by Crippen LogP contribution is -2.34. The number of nitrogens with two attached hydrogens (primary N) is 1. The molecule has 90 valence electrons. The summed E-state index contributed by atoms with van der Waals surface area (Å²) in [6.07, 6.45) is 1.77. The van der Waals surface area contributed by atoms with Crippen LogP contribution in [0.3, 0.4) is 0 Å². The molecule has 0 fully saturated rings. The van der Waals surface area contributed by atoms with Gasteiger partial charge in [0, 0.05) is 13.1 Å². The number of nitrogens with zero attached hydrogens (tertiary/aromatic N) is 1. The molecule has 0 radical (unpaired) electrons. The maximum Gasteiger partial charge on any atom is 0.329 e. The molecule has 16 heavy (non-hydrogen) atoms. The highest BCUT2D eigenvalue weighted by Gasteiger charge is 2.12. The van der Waals surface area contributed by atoms with Crippen LogP contribution < -0.4 is 22.3 Å². The monoisotopic (exact) mass is 226 g/mol. The van der Waals surface area contributed by atoms with Gasteiger partial charge < -0.3 is 11.1 Å². The van der Waals surface area contributed by atoms with Crippen LogP contribution >= 0.6 is 0 Å². The van der Waals surface area contributed by atoms with Crippen molar-refractivity contribution in [3.63, 3.8) is 0 Å². The van der Waals surface area contributed by atoms with Gasteiger partial charge in [-0.1, -0.05) is 13.8 Å². The second kappa shape index (κ2) is 4.87. The number of hydrogen-bond donors (Lipinski definition) is 3. The van der Waals surface area contributed by atoms with Crippen molar-refractivity contribution in [2.45, 2.75) is 32.7 Å². The molecular formula is C10H18N4O2. The lowest BCUT2D eigenvalue weighted by atomic mass is 10.1. The lowest BCUT2D eigenvalue weighted by molar-refractivity contribution is 0.667. The van der Waals surface area contributed by atoms with Gasteiger partial charge >= 0.3 is 5.69 Å². The van der Waals surface area contributed by atoms with Gasteiger partial charge in [0.2, 0.25) is 0 Å². The Bertz CT molecular complexity index is 471. The SMILES string of the molecule is CCC(CC)Nc1c(N)n(C)c(=O)[nH]c1=O. The molecule has 0 unspecified atom stereocenters. The van der Waals surface area contributed by atoms with Gasteiger partial charge in [0.1, 0.15) is 11.5 Å². The third kappa shape index (κ3) is 2.26. The Hall–Kier alpha value is -1.72. The van der Waals surface area contributed by atoms with Gasteiger partial charge in [-0.25, -0.2) is 4.79 Å². The van der Waals surface area contributed by atoms with E-state index in [1.807, 2.05) is 13.8 Å². The maximum absolute atomic E-state index is 11.6. The van der Waals surface area contributed by atoms with Gasteiger partial charge in [0.25, 0.3) is 5.56 Å². The van der Waals surface area contributed by atoms with Crippen molar-refractivity contribution in [2.24, 2.45) is 7.05 Å². The Morgan fingerprint density at radius 1 is 1.38 bits per heavy atom. The molecule has 0 atom stereocenters. The molecular weight excluding hydrogens is 208 g/mol. The van der Waals surface area contributed by atoms with Crippen LogP contribution in [0.2, 0.25) is 0 Å². The highest BCUT2D eigenvalue weighted by molar-refractivity contribution is 5.60. The second-order valence-corrected chi connectivity index (χ2v) is 3.74. The topological polar surface area (TPSA) is 92.9 Å². The summed E-state index contributed by atoms with van der Waals surface area (Å²) < 4.78 is 1.21. The number of nitrogen functional groups attached to an aromatic ring is 1. The molecule has 0 aliphatic heterocycles. The number of hydrogen-bond acceptors (Lipinski definition) is 4. The van der Waals surface area contributed by atoms with E-state index in [2.05, 4.69) is 10.3 Å². The second-order valence-electron chi connectivity index (χ2n) is 3.74. The molecule has 1 rings (SSSR count). The first kappa shape index (κ1) is 12.4. The van der Waals surface area contributed by atoms with Gasteiger partial charge in [-0.15, -0.1) is 0 Å². The Morgan fingerprint density at radius 2 is 1.94 bits per heavy atom. The Balaban J connectivity index is 3.19. The maximum atomic E-state index is 11.6. The van der Waals surface area contributed by atoms with E-state index in [1.165, 1.54) is 11.6 Å². The molecule has 1 heterocycles. The number of anilines is 2. The van der Waals surface area contributed by atoms with Crippen LogP contribution in [0.4, 0.5) is 11.5 Å². The Kier molecular flexibility index (Phi) is 3.76. The number of aromatic nitrogens is 2. The molecule has 0 amide bonds. The van der Waals surface area contributed by atoms with Crippen LogP contribution in [0.15, 0.2) is 9.59 Å². The van der Waals surface area contributed by atoms with Gasteiger partial charge in [-0.3, -0.25) is 14.3 Å². The van der Waals surface area contributed by atoms with E-state index in [9.17, 15) is 9.59 Å². The van der Waals surface area contributed by atoms with Crippen LogP contribution in [0.25, 0.3) is 0 Å². The molecule has 0 saturated carbocycles. The quantitative estimate of drug-likeness (QED) is 0.686. The Labute approximate surface area is 93.5 Å². The number of rotatable bonds is 4. The van der Waals surface area contributed by atoms with E-state index in [0.29, 0.717) is 0 Å². The molecule has 0 aliphatic rings. The van der Waals surface area contributed by atoms with E-state index >= 15 is 0 Å². The average molecular weight is 226 g/mol. The molecule has 1 aromatic heterocycles. The molecule has 4 N–H and O–H groups in total. The van der Waals surface area contributed by atoms with Crippen LogP contribution in [0.1, 0.15) is 26.7 Å². The summed E-state index contributed by atoms with van der Waals surface area (Å²) in [7, 11) is 1.52. The Morgan fingerprint density at radius 3 is 2.44 bits per heavy atom. The predicted molar refractivity (Wildman–Crippen MR) is 64.7 cm³/mol. The molecule has 6 nitrogen and oxygen atoms in total. The third-order valence-electron chi connectivity index (χ3n) is 2.70. The summed E-state index contributed by atoms with van der Waals surface area (Å²) in [5.74, 6) is 0.167. The van der Waals surface area contributed by atoms with E-state index in [-0.39, 0.29) is 17.5 Å². The van der Waals surface area contributed by atoms with Crippen molar-refractivity contribution in [3.8, 4) is 0 Å². The fraction of sp³-hybridized carbons (Fsp3) is 0.600. The molecule has 1 aromatic rings. The van der Waals surface area contributed by atoms with Crippen molar-refractivity contribution in [1.82, 2.24) is 9.55 Å². The normalized spacial score (nSPS) is 10.8. The molecule has 0 aliphatic carbocycles. The predicted octanol–water partition coefficient (Wildman–Crippen LogP) is 0.256. The van der Waals surface area contributed by atoms with Crippen molar-refractivity contribution in [2.75, 3.05) is 11.1 Å². The van der Waals surface area contributed by atoms with Crippen LogP contribution in [-0.2, 0) is 7.05 Å². The first-order valence-corrected chi connectivity index (χ1v) is 5.36. The minimum atomic E-state index is -0.502. The standard InChI is InChI=1S/C10H18N4O2/c1-4-6(5-2)12-7-8(11)14(3)10(16)13-9(7)15/h6,12H,4-5,11H2,1-3H3,(H,13,15,16). The minimum absolute atomic E-state index is 0.167. The van der Waals surface area contributed by atoms with E-state index < -0.39 is 11.2 Å². The molecule has 0 saturated heterocycles. The molecule has 0 spiro atoms. The van der Waals surface area contributed by atoms with Crippen LogP contribution in [0.5, 0.6) is 0 Å². The van der Waals surface area contributed by atoms with Gasteiger partial charge in [-0.2, -0.15) is 0 Å². The zero-order chi connectivity index (χ0) is 12.3. The summed E-state index contributed by atoms with van der Waals surface area (Å²) in [4.78, 5) is 25.0. The summed E-state index contributed by atoms with van der Waals surface area (Å²) in [6, 6.07) is 0.181. The average Bonchev–Trinajstić information content (AvgIpc) is 2.27. The van der Waals surface area contributed by atoms with Crippen LogP contribution in [0, 0.1) is 0 Å². The summed E-state index contributed by atoms with van der Waals surface area (Å²) in [5.41, 5.74) is 5.03. The van der Waals surface area contributed by atoms with E-state index in [1.54, 1.807) is 0 Å². The smallest absolute Gasteiger partial charge is 0.329 e. The first-order valence-electron chi connectivity index (χ1n) is 5.36. The van der Waals surface area contributed by atoms with E-state index in [4.69, 9.17) is 5.73 Å². The first-order chi connectivity index (χ1) is 7.51. The zero-order valence-corrected chi connectivity index (χ0v) is 9.83. The largest absolute Gasteiger partial charge is 0.383 e. The zero-order valence-electron chi connectivity index (χ0n) is 9.83. The molecule has 0 bridgehead atoms. The van der Waals surface area contributed by atoms with Crippen molar-refractivity contribution in [3.05, 3.63) is 20.8 Å². The van der Waals surface area contributed by atoms with Crippen molar-refractivity contribution >= 4 is 11.5 Å². The van der Waals surface area contributed by atoms with E-state index in [0.717, 1.165) is 12.8 Å². The minimum Gasteiger partial charge on any atom is -0.383 e. The number of aromatic amines is 1. The number of nitrogens with one attached hydrogen (secondary N) is 2. The highest BCUT2D eigenvalue weighted by Crippen LogP contribution is 2.12. The lowest BCUT2D eigenvalue weighted by Gasteiger charge is -2.17. The highest BCUT2D eigenvalue weighted by atomic mass is 16.2. The fourth-order valence-corrected chi connectivity index (χ4v) is 1.47. The molecule has 6 heteroatoms. The van der Waals surface area contributed by atoms with Crippen molar-refractivity contribution in [1.29, 1.82) is 0 Å². The summed E-state index contributed by atoms with van der Waals surface area (Å²) in [5, 5.41) is 3.05.